The van der Waals surface area contributed by atoms with Gasteiger partial charge in [-0.05, 0) is 74.6 Å². The van der Waals surface area contributed by atoms with Crippen LogP contribution in [0.25, 0.3) is 0 Å². The Hall–Kier alpha value is -2.54. The number of amides is 1. The fourth-order valence-electron chi connectivity index (χ4n) is 3.95. The molecule has 3 rings (SSSR count). The van der Waals surface area contributed by atoms with Crippen molar-refractivity contribution in [1.29, 1.82) is 0 Å². The summed E-state index contributed by atoms with van der Waals surface area (Å²) in [6.07, 6.45) is 5.24. The summed E-state index contributed by atoms with van der Waals surface area (Å²) in [6, 6.07) is 10.6. The molecule has 1 fully saturated rings. The van der Waals surface area contributed by atoms with E-state index in [0.717, 1.165) is 42.4 Å². The van der Waals surface area contributed by atoms with Crippen molar-refractivity contribution in [3.63, 3.8) is 0 Å². The second-order valence-electron chi connectivity index (χ2n) is 8.34. The number of carbonyl (C=O) groups excluding carboxylic acids is 1. The van der Waals surface area contributed by atoms with Crippen LogP contribution in [0.3, 0.4) is 0 Å². The molecular weight excluding hydrogens is 412 g/mol. The van der Waals surface area contributed by atoms with Crippen LogP contribution in [-0.4, -0.2) is 34.0 Å². The monoisotopic (exact) mass is 444 g/mol. The second kappa shape index (κ2) is 9.73. The molecule has 1 N–H and O–H groups in total. The van der Waals surface area contributed by atoms with Crippen molar-refractivity contribution >= 4 is 21.6 Å². The molecule has 0 atom stereocenters. The van der Waals surface area contributed by atoms with Crippen molar-refractivity contribution in [2.45, 2.75) is 63.8 Å². The highest BCUT2D eigenvalue weighted by molar-refractivity contribution is 7.93. The quantitative estimate of drug-likeness (QED) is 0.692. The van der Waals surface area contributed by atoms with Crippen LogP contribution in [0.5, 0.6) is 5.75 Å². The van der Waals surface area contributed by atoms with Gasteiger partial charge in [0.1, 0.15) is 17.2 Å². The van der Waals surface area contributed by atoms with Gasteiger partial charge in [-0.15, -0.1) is 0 Å². The average Bonchev–Trinajstić information content (AvgIpc) is 2.74. The molecule has 168 valence electrons. The summed E-state index contributed by atoms with van der Waals surface area (Å²) < 4.78 is 34.0. The summed E-state index contributed by atoms with van der Waals surface area (Å²) in [7, 11) is -2.59. The maximum atomic E-state index is 13.8. The Labute approximate surface area is 185 Å². The summed E-state index contributed by atoms with van der Waals surface area (Å²) in [4.78, 5) is 13.0. The van der Waals surface area contributed by atoms with Crippen molar-refractivity contribution in [1.82, 2.24) is 5.32 Å². The lowest BCUT2D eigenvalue weighted by Gasteiger charge is -2.28. The highest BCUT2D eigenvalue weighted by Gasteiger charge is 2.31. The molecule has 0 bridgehead atoms. The summed E-state index contributed by atoms with van der Waals surface area (Å²) >= 11 is 0. The van der Waals surface area contributed by atoms with Crippen molar-refractivity contribution in [3.05, 3.63) is 53.1 Å². The van der Waals surface area contributed by atoms with Gasteiger partial charge >= 0.3 is 0 Å². The molecule has 1 aliphatic carbocycles. The van der Waals surface area contributed by atoms with Gasteiger partial charge in [0, 0.05) is 6.04 Å². The molecule has 0 heterocycles. The first-order chi connectivity index (χ1) is 14.7. The van der Waals surface area contributed by atoms with E-state index in [1.54, 1.807) is 24.3 Å². The molecule has 6 nitrogen and oxygen atoms in total. The van der Waals surface area contributed by atoms with Gasteiger partial charge in [0.2, 0.25) is 5.91 Å². The van der Waals surface area contributed by atoms with Crippen molar-refractivity contribution in [3.8, 4) is 5.75 Å². The van der Waals surface area contributed by atoms with Crippen LogP contribution in [-0.2, 0) is 14.8 Å². The SMILES string of the molecule is COc1ccc(C)cc1S(=O)(=O)N(CC(=O)NC1CCCCC1)c1ccc(C)c(C)c1. The Balaban J connectivity index is 1.99. The number of carbonyl (C=O) groups is 1. The number of nitrogens with zero attached hydrogens (tertiary/aromatic N) is 1. The van der Waals surface area contributed by atoms with Crippen molar-refractivity contribution in [2.24, 2.45) is 0 Å². The zero-order valence-electron chi connectivity index (χ0n) is 18.8. The van der Waals surface area contributed by atoms with Gasteiger partial charge in [-0.2, -0.15) is 0 Å². The highest BCUT2D eigenvalue weighted by atomic mass is 32.2. The number of nitrogens with one attached hydrogen (secondary N) is 1. The van der Waals surface area contributed by atoms with E-state index in [1.807, 2.05) is 32.9 Å². The number of rotatable bonds is 7. The van der Waals surface area contributed by atoms with Crippen LogP contribution in [0.4, 0.5) is 5.69 Å². The van der Waals surface area contributed by atoms with Crippen LogP contribution in [0.2, 0.25) is 0 Å². The van der Waals surface area contributed by atoms with Crippen molar-refractivity contribution < 1.29 is 17.9 Å². The maximum Gasteiger partial charge on any atom is 0.268 e. The number of benzene rings is 2. The lowest BCUT2D eigenvalue weighted by atomic mass is 9.95. The summed E-state index contributed by atoms with van der Waals surface area (Å²) in [6.45, 7) is 5.45. The third-order valence-electron chi connectivity index (χ3n) is 5.92. The van der Waals surface area contributed by atoms with Gasteiger partial charge in [-0.1, -0.05) is 31.4 Å². The van der Waals surface area contributed by atoms with E-state index in [-0.39, 0.29) is 29.1 Å². The molecule has 7 heteroatoms. The van der Waals surface area contributed by atoms with Gasteiger partial charge in [-0.25, -0.2) is 8.42 Å². The van der Waals surface area contributed by atoms with Gasteiger partial charge in [-0.3, -0.25) is 9.10 Å². The van der Waals surface area contributed by atoms with Crippen LogP contribution in [0, 0.1) is 20.8 Å². The lowest BCUT2D eigenvalue weighted by molar-refractivity contribution is -0.120. The van der Waals surface area contributed by atoms with E-state index in [1.165, 1.54) is 17.8 Å². The number of methoxy groups -OCH3 is 1. The molecule has 2 aromatic carbocycles. The first kappa shape index (κ1) is 23.1. The molecule has 31 heavy (non-hydrogen) atoms. The number of aryl methyl sites for hydroxylation is 3. The molecule has 1 amide bonds. The summed E-state index contributed by atoms with van der Waals surface area (Å²) in [5.41, 5.74) is 3.28. The first-order valence-corrected chi connectivity index (χ1v) is 12.2. The number of sulfonamides is 1. The molecule has 0 aromatic heterocycles. The number of hydrogen-bond donors (Lipinski definition) is 1. The minimum atomic E-state index is -4.04. The molecule has 1 saturated carbocycles. The van der Waals surface area contributed by atoms with E-state index in [2.05, 4.69) is 5.32 Å². The van der Waals surface area contributed by atoms with Gasteiger partial charge in [0.15, 0.2) is 0 Å². The Kier molecular flexibility index (Phi) is 7.26. The molecule has 0 radical (unpaired) electrons. The van der Waals surface area contributed by atoms with E-state index < -0.39 is 10.0 Å². The number of anilines is 1. The minimum Gasteiger partial charge on any atom is -0.495 e. The molecule has 0 aliphatic heterocycles. The third kappa shape index (κ3) is 5.39. The summed E-state index contributed by atoms with van der Waals surface area (Å²) in [5.74, 6) is -0.0348. The fourth-order valence-corrected chi connectivity index (χ4v) is 5.61. The normalized spacial score (nSPS) is 14.8. The minimum absolute atomic E-state index is 0.0543. The molecule has 0 unspecified atom stereocenters. The Morgan fingerprint density at radius 3 is 2.39 bits per heavy atom. The molecule has 0 spiro atoms. The molecule has 2 aromatic rings. The lowest BCUT2D eigenvalue weighted by Crippen LogP contribution is -2.45. The van der Waals surface area contributed by atoms with E-state index in [9.17, 15) is 13.2 Å². The van der Waals surface area contributed by atoms with Crippen LogP contribution >= 0.6 is 0 Å². The standard InChI is InChI=1S/C24H32N2O4S/c1-17-10-13-22(30-4)23(14-17)31(28,29)26(21-12-11-18(2)19(3)15-21)16-24(27)25-20-8-6-5-7-9-20/h10-15,20H,5-9,16H2,1-4H3,(H,25,27). The fraction of sp³-hybridized carbons (Fsp3) is 0.458. The molecular formula is C24H32N2O4S. The number of ether oxygens (including phenoxy) is 1. The average molecular weight is 445 g/mol. The zero-order chi connectivity index (χ0) is 22.6. The van der Waals surface area contributed by atoms with E-state index >= 15 is 0 Å². The van der Waals surface area contributed by atoms with Gasteiger partial charge in [0.25, 0.3) is 10.0 Å². The van der Waals surface area contributed by atoms with Crippen molar-refractivity contribution in [2.75, 3.05) is 18.0 Å². The highest BCUT2D eigenvalue weighted by Crippen LogP contribution is 2.31. The number of hydrogen-bond acceptors (Lipinski definition) is 4. The first-order valence-electron chi connectivity index (χ1n) is 10.8. The Morgan fingerprint density at radius 2 is 1.74 bits per heavy atom. The smallest absolute Gasteiger partial charge is 0.268 e. The van der Waals surface area contributed by atoms with Gasteiger partial charge in [0.05, 0.1) is 12.8 Å². The summed E-state index contributed by atoms with van der Waals surface area (Å²) in [5, 5.41) is 3.03. The predicted octanol–water partition coefficient (Wildman–Crippen LogP) is 4.26. The zero-order valence-corrected chi connectivity index (χ0v) is 19.6. The molecule has 0 saturated heterocycles. The van der Waals surface area contributed by atoms with Crippen LogP contribution in [0.15, 0.2) is 41.3 Å². The van der Waals surface area contributed by atoms with E-state index in [0.29, 0.717) is 5.69 Å². The van der Waals surface area contributed by atoms with Crippen LogP contribution in [0.1, 0.15) is 48.8 Å². The Bertz CT molecular complexity index is 1040. The predicted molar refractivity (Wildman–Crippen MR) is 123 cm³/mol. The largest absolute Gasteiger partial charge is 0.495 e. The second-order valence-corrected chi connectivity index (χ2v) is 10.2. The Morgan fingerprint density at radius 1 is 1.03 bits per heavy atom. The van der Waals surface area contributed by atoms with Crippen LogP contribution < -0.4 is 14.4 Å². The third-order valence-corrected chi connectivity index (χ3v) is 7.72. The van der Waals surface area contributed by atoms with E-state index in [4.69, 9.17) is 4.74 Å². The maximum absolute atomic E-state index is 13.8. The molecule has 1 aliphatic rings. The topological polar surface area (TPSA) is 75.7 Å². The van der Waals surface area contributed by atoms with Gasteiger partial charge < -0.3 is 10.1 Å².